The van der Waals surface area contributed by atoms with Crippen LogP contribution in [0.25, 0.3) is 4.91 Å². The molecule has 0 amide bonds. The van der Waals surface area contributed by atoms with Crippen LogP contribution < -0.4 is 4.83 Å². The fraction of sp³-hybridized carbons (Fsp3) is 0.471. The molecular formula is C17H22F2N2O5S. The van der Waals surface area contributed by atoms with Gasteiger partial charge in [-0.15, -0.1) is 4.83 Å². The number of morpholine rings is 1. The standard InChI is InChI=1S/C17H22F2N2O5S/c1-3-26-16(22)17(18,19)12-15(14-6-4-13(2)5-7-14)27(23,24)20-21-8-10-25-11-9-21/h4-7,12,20H,3,8-11H2,1-2H3/b15-12+. The van der Waals surface area contributed by atoms with Crippen LogP contribution in [0.2, 0.25) is 0 Å². The van der Waals surface area contributed by atoms with Crippen molar-refractivity contribution in [3.63, 3.8) is 0 Å². The van der Waals surface area contributed by atoms with Gasteiger partial charge in [0.25, 0.3) is 10.0 Å². The molecule has 2 rings (SSSR count). The molecule has 0 saturated carbocycles. The van der Waals surface area contributed by atoms with E-state index in [4.69, 9.17) is 4.74 Å². The fourth-order valence-corrected chi connectivity index (χ4v) is 3.73. The van der Waals surface area contributed by atoms with Gasteiger partial charge in [-0.05, 0) is 19.4 Å². The first-order chi connectivity index (χ1) is 12.7. The van der Waals surface area contributed by atoms with Gasteiger partial charge in [-0.1, -0.05) is 29.8 Å². The Morgan fingerprint density at radius 3 is 2.44 bits per heavy atom. The Balaban J connectivity index is 2.44. The van der Waals surface area contributed by atoms with E-state index in [1.807, 2.05) is 0 Å². The Labute approximate surface area is 157 Å². The van der Waals surface area contributed by atoms with Gasteiger partial charge < -0.3 is 9.47 Å². The molecule has 1 aliphatic heterocycles. The van der Waals surface area contributed by atoms with Gasteiger partial charge in [-0.2, -0.15) is 8.78 Å². The van der Waals surface area contributed by atoms with Crippen molar-refractivity contribution in [1.29, 1.82) is 0 Å². The first-order valence-electron chi connectivity index (χ1n) is 8.36. The molecule has 1 saturated heterocycles. The predicted molar refractivity (Wildman–Crippen MR) is 95.2 cm³/mol. The van der Waals surface area contributed by atoms with Crippen molar-refractivity contribution < 1.29 is 31.5 Å². The number of benzene rings is 1. The average molecular weight is 404 g/mol. The number of rotatable bonds is 7. The fourth-order valence-electron chi connectivity index (χ4n) is 2.36. The van der Waals surface area contributed by atoms with Crippen molar-refractivity contribution in [1.82, 2.24) is 9.84 Å². The molecule has 1 heterocycles. The molecule has 0 unspecified atom stereocenters. The summed E-state index contributed by atoms with van der Waals surface area (Å²) in [5.74, 6) is -5.91. The lowest BCUT2D eigenvalue weighted by molar-refractivity contribution is -0.164. The Kier molecular flexibility index (Phi) is 7.04. The second-order valence-corrected chi connectivity index (χ2v) is 7.54. The number of carbonyl (C=O) groups is 1. The van der Waals surface area contributed by atoms with Crippen LogP contribution in [0.5, 0.6) is 0 Å². The normalized spacial score (nSPS) is 17.0. The second kappa shape index (κ2) is 8.87. The first-order valence-corrected chi connectivity index (χ1v) is 9.84. The van der Waals surface area contributed by atoms with Crippen LogP contribution in [0.4, 0.5) is 8.78 Å². The van der Waals surface area contributed by atoms with Gasteiger partial charge >= 0.3 is 11.9 Å². The highest BCUT2D eigenvalue weighted by Crippen LogP contribution is 2.28. The number of nitrogens with zero attached hydrogens (tertiary/aromatic N) is 1. The first kappa shape index (κ1) is 21.4. The van der Waals surface area contributed by atoms with Crippen molar-refractivity contribution in [3.8, 4) is 0 Å². The maximum Gasteiger partial charge on any atom is 0.381 e. The number of carbonyl (C=O) groups excluding carboxylic acids is 1. The molecule has 1 N–H and O–H groups in total. The number of alkyl halides is 2. The second-order valence-electron chi connectivity index (χ2n) is 5.91. The van der Waals surface area contributed by atoms with Crippen molar-refractivity contribution in [2.75, 3.05) is 32.9 Å². The lowest BCUT2D eigenvalue weighted by atomic mass is 10.1. The Morgan fingerprint density at radius 2 is 1.89 bits per heavy atom. The molecule has 27 heavy (non-hydrogen) atoms. The van der Waals surface area contributed by atoms with Crippen LogP contribution >= 0.6 is 0 Å². The third-order valence-electron chi connectivity index (χ3n) is 3.75. The topological polar surface area (TPSA) is 84.9 Å². The van der Waals surface area contributed by atoms with Gasteiger partial charge in [0.05, 0.1) is 24.7 Å². The number of nitrogens with one attached hydrogen (secondary N) is 1. The van der Waals surface area contributed by atoms with Gasteiger partial charge in [-0.25, -0.2) is 18.2 Å². The van der Waals surface area contributed by atoms with Crippen LogP contribution in [0.3, 0.4) is 0 Å². The maximum absolute atomic E-state index is 14.3. The molecule has 7 nitrogen and oxygen atoms in total. The quantitative estimate of drug-likeness (QED) is 0.697. The molecule has 1 aliphatic rings. The van der Waals surface area contributed by atoms with Crippen molar-refractivity contribution in [3.05, 3.63) is 41.5 Å². The molecule has 0 radical (unpaired) electrons. The summed E-state index contributed by atoms with van der Waals surface area (Å²) < 4.78 is 63.6. The summed E-state index contributed by atoms with van der Waals surface area (Å²) in [7, 11) is -4.38. The van der Waals surface area contributed by atoms with E-state index in [1.165, 1.54) is 24.1 Å². The average Bonchev–Trinajstić information content (AvgIpc) is 2.61. The molecular weight excluding hydrogens is 382 g/mol. The number of ether oxygens (including phenoxy) is 2. The van der Waals surface area contributed by atoms with Crippen LogP contribution in [0, 0.1) is 6.92 Å². The zero-order valence-electron chi connectivity index (χ0n) is 15.1. The van der Waals surface area contributed by atoms with Crippen molar-refractivity contribution in [2.45, 2.75) is 19.8 Å². The maximum atomic E-state index is 14.3. The van der Waals surface area contributed by atoms with Crippen molar-refractivity contribution >= 4 is 20.9 Å². The van der Waals surface area contributed by atoms with Crippen LogP contribution in [-0.4, -0.2) is 58.2 Å². The summed E-state index contributed by atoms with van der Waals surface area (Å²) in [6.45, 7) is 4.08. The Hall–Kier alpha value is -1.88. The van der Waals surface area contributed by atoms with E-state index >= 15 is 0 Å². The largest absolute Gasteiger partial charge is 0.461 e. The molecule has 1 fully saturated rings. The van der Waals surface area contributed by atoms with E-state index in [9.17, 15) is 22.0 Å². The zero-order valence-corrected chi connectivity index (χ0v) is 15.9. The van der Waals surface area contributed by atoms with E-state index in [-0.39, 0.29) is 31.3 Å². The molecule has 0 aromatic heterocycles. The van der Waals surface area contributed by atoms with Crippen molar-refractivity contribution in [2.24, 2.45) is 0 Å². The van der Waals surface area contributed by atoms with Gasteiger partial charge in [0.1, 0.15) is 0 Å². The number of hydrazine groups is 1. The monoisotopic (exact) mass is 404 g/mol. The number of sulfonamides is 1. The number of halogens is 2. The van der Waals surface area contributed by atoms with E-state index in [1.54, 1.807) is 19.1 Å². The third-order valence-corrected chi connectivity index (χ3v) is 5.18. The minimum absolute atomic E-state index is 0.0327. The van der Waals surface area contributed by atoms with Gasteiger partial charge in [0.2, 0.25) is 0 Å². The summed E-state index contributed by atoms with van der Waals surface area (Å²) in [5, 5.41) is 1.36. The molecule has 0 bridgehead atoms. The summed E-state index contributed by atoms with van der Waals surface area (Å²) in [6.07, 6.45) is 0.123. The number of esters is 1. The zero-order chi connectivity index (χ0) is 20.1. The highest BCUT2D eigenvalue weighted by Gasteiger charge is 2.41. The number of hydrogen-bond acceptors (Lipinski definition) is 6. The SMILES string of the molecule is CCOC(=O)C(F)(F)/C=C(\c1ccc(C)cc1)S(=O)(=O)NN1CCOCC1. The van der Waals surface area contributed by atoms with E-state index < -0.39 is 26.8 Å². The van der Waals surface area contributed by atoms with Gasteiger partial charge in [0.15, 0.2) is 0 Å². The van der Waals surface area contributed by atoms with E-state index in [0.717, 1.165) is 5.56 Å². The third kappa shape index (κ3) is 5.80. The summed E-state index contributed by atoms with van der Waals surface area (Å²) in [5.41, 5.74) is 0.860. The smallest absolute Gasteiger partial charge is 0.381 e. The minimum Gasteiger partial charge on any atom is -0.461 e. The summed E-state index contributed by atoms with van der Waals surface area (Å²) >= 11 is 0. The number of hydrogen-bond donors (Lipinski definition) is 1. The van der Waals surface area contributed by atoms with E-state index in [2.05, 4.69) is 9.57 Å². The molecule has 0 atom stereocenters. The Morgan fingerprint density at radius 1 is 1.30 bits per heavy atom. The molecule has 10 heteroatoms. The van der Waals surface area contributed by atoms with Crippen LogP contribution in [0.1, 0.15) is 18.1 Å². The molecule has 0 aliphatic carbocycles. The van der Waals surface area contributed by atoms with Crippen LogP contribution in [0.15, 0.2) is 30.3 Å². The molecule has 1 aromatic carbocycles. The summed E-state index contributed by atoms with van der Waals surface area (Å²) in [4.78, 5) is 13.1. The highest BCUT2D eigenvalue weighted by atomic mass is 32.2. The summed E-state index contributed by atoms with van der Waals surface area (Å²) in [6, 6.07) is 5.99. The molecule has 150 valence electrons. The molecule has 1 aromatic rings. The van der Waals surface area contributed by atoms with Gasteiger partial charge in [-0.3, -0.25) is 0 Å². The van der Waals surface area contributed by atoms with E-state index in [0.29, 0.717) is 13.2 Å². The van der Waals surface area contributed by atoms with Gasteiger partial charge in [0, 0.05) is 19.2 Å². The van der Waals surface area contributed by atoms with Crippen LogP contribution in [-0.2, 0) is 24.3 Å². The Bertz CT molecular complexity index is 788. The minimum atomic E-state index is -4.38. The lowest BCUT2D eigenvalue weighted by Gasteiger charge is -2.27. The highest BCUT2D eigenvalue weighted by molar-refractivity contribution is 7.98. The molecule has 0 spiro atoms. The number of aryl methyl sites for hydroxylation is 1. The predicted octanol–water partition coefficient (Wildman–Crippen LogP) is 1.70. The lowest BCUT2D eigenvalue weighted by Crippen LogP contribution is -2.48.